The molecule has 0 saturated carbocycles. The van der Waals surface area contributed by atoms with Crippen LogP contribution in [-0.2, 0) is 10.0 Å². The van der Waals surface area contributed by atoms with Gasteiger partial charge in [-0.25, -0.2) is 17.5 Å². The molecule has 26 heavy (non-hydrogen) atoms. The lowest BCUT2D eigenvalue weighted by molar-refractivity contribution is -0.255. The van der Waals surface area contributed by atoms with Crippen LogP contribution >= 0.6 is 0 Å². The van der Waals surface area contributed by atoms with E-state index in [9.17, 15) is 22.7 Å². The third-order valence-electron chi connectivity index (χ3n) is 3.67. The lowest BCUT2D eigenvalue weighted by Gasteiger charge is -2.11. The molecule has 8 heteroatoms. The van der Waals surface area contributed by atoms with Gasteiger partial charge in [-0.15, -0.1) is 0 Å². The van der Waals surface area contributed by atoms with Gasteiger partial charge >= 0.3 is 0 Å². The van der Waals surface area contributed by atoms with Gasteiger partial charge in [-0.05, 0) is 41.3 Å². The van der Waals surface area contributed by atoms with Crippen LogP contribution in [0.2, 0.25) is 0 Å². The van der Waals surface area contributed by atoms with E-state index in [0.717, 1.165) is 23.8 Å². The Labute approximate surface area is 151 Å². The van der Waals surface area contributed by atoms with Gasteiger partial charge in [-0.1, -0.05) is 32.0 Å². The average Bonchev–Trinajstić information content (AvgIpc) is 2.59. The monoisotopic (exact) mass is 380 g/mol. The molecule has 0 spiro atoms. The van der Waals surface area contributed by atoms with Crippen LogP contribution < -0.4 is 14.6 Å². The predicted molar refractivity (Wildman–Crippen MR) is 91.9 cm³/mol. The fraction of sp³-hybridized carbons (Fsp3) is 0.278. The summed E-state index contributed by atoms with van der Waals surface area (Å²) in [6.45, 7) is 4.06. The van der Waals surface area contributed by atoms with E-state index in [2.05, 4.69) is 18.6 Å². The predicted octanol–water partition coefficient (Wildman–Crippen LogP) is 1.67. The fourth-order valence-corrected chi connectivity index (χ4v) is 3.32. The van der Waals surface area contributed by atoms with Crippen molar-refractivity contribution in [1.82, 2.24) is 4.72 Å². The van der Waals surface area contributed by atoms with E-state index < -0.39 is 32.3 Å². The van der Waals surface area contributed by atoms with Crippen molar-refractivity contribution in [2.75, 3.05) is 13.2 Å². The summed E-state index contributed by atoms with van der Waals surface area (Å²) in [5, 5.41) is 10.8. The van der Waals surface area contributed by atoms with Crippen molar-refractivity contribution >= 4 is 16.0 Å². The number of halogens is 1. The highest BCUT2D eigenvalue weighted by atomic mass is 32.2. The van der Waals surface area contributed by atoms with E-state index in [1.807, 2.05) is 12.1 Å². The molecular weight excluding hydrogens is 361 g/mol. The Balaban J connectivity index is 1.96. The topological polar surface area (TPSA) is 95.5 Å². The molecule has 2 aromatic rings. The highest BCUT2D eigenvalue weighted by Crippen LogP contribution is 2.19. The van der Waals surface area contributed by atoms with E-state index in [4.69, 9.17) is 4.74 Å². The van der Waals surface area contributed by atoms with Gasteiger partial charge in [0.2, 0.25) is 10.0 Å². The summed E-state index contributed by atoms with van der Waals surface area (Å²) in [5.41, 5.74) is 0.731. The van der Waals surface area contributed by atoms with Gasteiger partial charge in [0.1, 0.15) is 23.1 Å². The molecule has 0 fully saturated rings. The Bertz CT molecular complexity index is 879. The Morgan fingerprint density at radius 1 is 1.19 bits per heavy atom. The molecule has 0 unspecified atom stereocenters. The zero-order valence-electron chi connectivity index (χ0n) is 14.4. The highest BCUT2D eigenvalue weighted by Gasteiger charge is 2.19. The number of ether oxygens (including phenoxy) is 1. The van der Waals surface area contributed by atoms with Gasteiger partial charge in [0.05, 0.1) is 5.97 Å². The Morgan fingerprint density at radius 2 is 1.85 bits per heavy atom. The zero-order valence-corrected chi connectivity index (χ0v) is 15.2. The molecule has 0 radical (unpaired) electrons. The first kappa shape index (κ1) is 19.9. The third kappa shape index (κ3) is 5.03. The fourth-order valence-electron chi connectivity index (χ4n) is 2.21. The number of sulfonamides is 1. The molecule has 2 rings (SSSR count). The number of hydrogen-bond acceptors (Lipinski definition) is 5. The first-order valence-corrected chi connectivity index (χ1v) is 9.42. The van der Waals surface area contributed by atoms with Crippen LogP contribution in [0.25, 0.3) is 0 Å². The van der Waals surface area contributed by atoms with Gasteiger partial charge in [0, 0.05) is 6.54 Å². The maximum atomic E-state index is 13.7. The standard InChI is InChI=1S/C18H20FNO5S/c1-12(2)13-3-6-15(7-4-13)25-10-9-20-26(23,24)17-11-14(18(21)22)5-8-16(17)19/h3-8,11-12,20H,9-10H2,1-2H3,(H,21,22)/p-1. The zero-order chi connectivity index (χ0) is 19.3. The summed E-state index contributed by atoms with van der Waals surface area (Å²) < 4.78 is 45.6. The number of nitrogens with one attached hydrogen (secondary N) is 1. The minimum absolute atomic E-state index is 0.0298. The summed E-state index contributed by atoms with van der Waals surface area (Å²) in [5.74, 6) is -1.66. The highest BCUT2D eigenvalue weighted by molar-refractivity contribution is 7.89. The average molecular weight is 380 g/mol. The molecule has 140 valence electrons. The van der Waals surface area contributed by atoms with Gasteiger partial charge in [0.25, 0.3) is 0 Å². The number of hydrogen-bond donors (Lipinski definition) is 1. The number of carbonyl (C=O) groups is 1. The van der Waals surface area contributed by atoms with Gasteiger partial charge in [0.15, 0.2) is 0 Å². The summed E-state index contributed by atoms with van der Waals surface area (Å²) >= 11 is 0. The van der Waals surface area contributed by atoms with Crippen molar-refractivity contribution in [3.8, 4) is 5.75 Å². The molecule has 6 nitrogen and oxygen atoms in total. The maximum Gasteiger partial charge on any atom is 0.243 e. The number of carbonyl (C=O) groups excluding carboxylic acids is 1. The first-order chi connectivity index (χ1) is 12.2. The number of benzene rings is 2. The van der Waals surface area contributed by atoms with E-state index >= 15 is 0 Å². The van der Waals surface area contributed by atoms with Crippen LogP contribution in [0, 0.1) is 5.82 Å². The van der Waals surface area contributed by atoms with Crippen LogP contribution in [0.4, 0.5) is 4.39 Å². The van der Waals surface area contributed by atoms with Crippen molar-refractivity contribution in [3.05, 3.63) is 59.4 Å². The van der Waals surface area contributed by atoms with Crippen LogP contribution in [0.1, 0.15) is 35.7 Å². The Kier molecular flexibility index (Phi) is 6.33. The Morgan fingerprint density at radius 3 is 2.42 bits per heavy atom. The number of carboxylic acids is 1. The molecule has 0 atom stereocenters. The summed E-state index contributed by atoms with van der Waals surface area (Å²) in [4.78, 5) is 10.1. The largest absolute Gasteiger partial charge is 0.545 e. The Hall–Kier alpha value is -2.45. The summed E-state index contributed by atoms with van der Waals surface area (Å²) in [7, 11) is -4.22. The number of carboxylic acid groups (broad SMARTS) is 1. The molecule has 0 saturated heterocycles. The summed E-state index contributed by atoms with van der Waals surface area (Å²) in [6.07, 6.45) is 0. The molecule has 0 bridgehead atoms. The van der Waals surface area contributed by atoms with E-state index in [0.29, 0.717) is 11.7 Å². The summed E-state index contributed by atoms with van der Waals surface area (Å²) in [6, 6.07) is 9.84. The van der Waals surface area contributed by atoms with Gasteiger partial charge in [-0.3, -0.25) is 0 Å². The number of aromatic carboxylic acids is 1. The lowest BCUT2D eigenvalue weighted by Crippen LogP contribution is -2.29. The molecule has 0 heterocycles. The van der Waals surface area contributed by atoms with Gasteiger partial charge in [-0.2, -0.15) is 0 Å². The lowest BCUT2D eigenvalue weighted by atomic mass is 10.0. The third-order valence-corrected chi connectivity index (χ3v) is 5.14. The van der Waals surface area contributed by atoms with Crippen molar-refractivity contribution < 1.29 is 27.4 Å². The molecular formula is C18H19FNO5S-. The van der Waals surface area contributed by atoms with Crippen molar-refractivity contribution in [1.29, 1.82) is 0 Å². The van der Waals surface area contributed by atoms with Crippen molar-refractivity contribution in [2.24, 2.45) is 0 Å². The maximum absolute atomic E-state index is 13.7. The minimum atomic E-state index is -4.22. The van der Waals surface area contributed by atoms with Crippen LogP contribution in [0.3, 0.4) is 0 Å². The second kappa shape index (κ2) is 8.29. The van der Waals surface area contributed by atoms with E-state index in [-0.39, 0.29) is 13.2 Å². The molecule has 1 N–H and O–H groups in total. The van der Waals surface area contributed by atoms with Crippen LogP contribution in [-0.4, -0.2) is 27.5 Å². The van der Waals surface area contributed by atoms with E-state index in [1.54, 1.807) is 12.1 Å². The molecule has 0 aliphatic rings. The molecule has 0 aliphatic carbocycles. The van der Waals surface area contributed by atoms with Crippen LogP contribution in [0.5, 0.6) is 5.75 Å². The van der Waals surface area contributed by atoms with Crippen molar-refractivity contribution in [2.45, 2.75) is 24.7 Å². The van der Waals surface area contributed by atoms with Crippen molar-refractivity contribution in [3.63, 3.8) is 0 Å². The van der Waals surface area contributed by atoms with Crippen LogP contribution in [0.15, 0.2) is 47.4 Å². The molecule has 0 aliphatic heterocycles. The quantitative estimate of drug-likeness (QED) is 0.703. The molecule has 0 amide bonds. The minimum Gasteiger partial charge on any atom is -0.545 e. The second-order valence-corrected chi connectivity index (χ2v) is 7.64. The SMILES string of the molecule is CC(C)c1ccc(OCCNS(=O)(=O)c2cc(C(=O)[O-])ccc2F)cc1. The molecule has 0 aromatic heterocycles. The second-order valence-electron chi connectivity index (χ2n) is 5.90. The first-order valence-electron chi connectivity index (χ1n) is 7.94. The van der Waals surface area contributed by atoms with Gasteiger partial charge < -0.3 is 14.6 Å². The normalized spacial score (nSPS) is 11.5. The van der Waals surface area contributed by atoms with E-state index in [1.165, 1.54) is 0 Å². The number of rotatable bonds is 8. The molecule has 2 aromatic carbocycles. The smallest absolute Gasteiger partial charge is 0.243 e.